The van der Waals surface area contributed by atoms with Crippen molar-refractivity contribution in [2.45, 2.75) is 27.7 Å². The SMILES string of the molecule is CC(C)/C=N\N=C\C(C)C. The molecule has 0 spiro atoms. The molecule has 0 aliphatic carbocycles. The zero-order valence-corrected chi connectivity index (χ0v) is 7.20. The Balaban J connectivity index is 3.52. The smallest absolute Gasteiger partial charge is 0.0295 e. The van der Waals surface area contributed by atoms with Crippen molar-refractivity contribution in [2.24, 2.45) is 22.0 Å². The van der Waals surface area contributed by atoms with Gasteiger partial charge < -0.3 is 0 Å². The number of hydrogen-bond acceptors (Lipinski definition) is 2. The van der Waals surface area contributed by atoms with Gasteiger partial charge in [-0.05, 0) is 11.8 Å². The van der Waals surface area contributed by atoms with Crippen LogP contribution in [0.25, 0.3) is 0 Å². The molecular weight excluding hydrogens is 124 g/mol. The predicted octanol–water partition coefficient (Wildman–Crippen LogP) is 2.36. The molecule has 0 aliphatic heterocycles. The molecule has 0 aliphatic rings. The second-order valence-electron chi connectivity index (χ2n) is 3.02. The van der Waals surface area contributed by atoms with Crippen molar-refractivity contribution in [1.82, 2.24) is 0 Å². The molecule has 0 rings (SSSR count). The van der Waals surface area contributed by atoms with Crippen LogP contribution in [0, 0.1) is 11.8 Å². The summed E-state index contributed by atoms with van der Waals surface area (Å²) in [6.07, 6.45) is 3.66. The highest BCUT2D eigenvalue weighted by Crippen LogP contribution is 1.87. The lowest BCUT2D eigenvalue weighted by Gasteiger charge is -1.90. The Kier molecular flexibility index (Phi) is 4.81. The molecule has 0 N–H and O–H groups in total. The Morgan fingerprint density at radius 2 is 1.10 bits per heavy atom. The molecule has 2 heteroatoms. The van der Waals surface area contributed by atoms with Crippen LogP contribution >= 0.6 is 0 Å². The molecule has 0 aromatic heterocycles. The van der Waals surface area contributed by atoms with E-state index in [4.69, 9.17) is 0 Å². The van der Waals surface area contributed by atoms with Crippen molar-refractivity contribution in [2.75, 3.05) is 0 Å². The van der Waals surface area contributed by atoms with Crippen LogP contribution in [-0.4, -0.2) is 12.4 Å². The average Bonchev–Trinajstić information content (AvgIpc) is 1.79. The molecule has 0 fully saturated rings. The van der Waals surface area contributed by atoms with Crippen LogP contribution in [-0.2, 0) is 0 Å². The Hall–Kier alpha value is -0.660. The van der Waals surface area contributed by atoms with Gasteiger partial charge in [0.2, 0.25) is 0 Å². The second-order valence-corrected chi connectivity index (χ2v) is 3.02. The third-order valence-electron chi connectivity index (χ3n) is 0.796. The highest BCUT2D eigenvalue weighted by Gasteiger charge is 1.83. The fourth-order valence-corrected chi connectivity index (χ4v) is 0.344. The summed E-state index contributed by atoms with van der Waals surface area (Å²) >= 11 is 0. The van der Waals surface area contributed by atoms with Gasteiger partial charge in [0.1, 0.15) is 0 Å². The minimum absolute atomic E-state index is 0.490. The predicted molar refractivity (Wildman–Crippen MR) is 46.7 cm³/mol. The van der Waals surface area contributed by atoms with Crippen molar-refractivity contribution < 1.29 is 0 Å². The molecule has 0 atom stereocenters. The number of rotatable bonds is 3. The molecule has 0 amide bonds. The van der Waals surface area contributed by atoms with Crippen LogP contribution in [0.4, 0.5) is 0 Å². The Labute approximate surface area is 63.1 Å². The summed E-state index contributed by atoms with van der Waals surface area (Å²) in [5, 5.41) is 7.71. The van der Waals surface area contributed by atoms with Crippen molar-refractivity contribution in [3.8, 4) is 0 Å². The van der Waals surface area contributed by atoms with Gasteiger partial charge in [0.05, 0.1) is 0 Å². The molecule has 0 aromatic rings. The molecule has 0 aromatic carbocycles. The van der Waals surface area contributed by atoms with Crippen LogP contribution in [0.1, 0.15) is 27.7 Å². The third kappa shape index (κ3) is 7.34. The maximum Gasteiger partial charge on any atom is 0.0295 e. The fraction of sp³-hybridized carbons (Fsp3) is 0.750. The summed E-state index contributed by atoms with van der Waals surface area (Å²) in [7, 11) is 0. The average molecular weight is 140 g/mol. The first-order chi connectivity index (χ1) is 4.63. The Morgan fingerprint density at radius 3 is 1.30 bits per heavy atom. The van der Waals surface area contributed by atoms with Gasteiger partial charge in [-0.2, -0.15) is 10.2 Å². The topological polar surface area (TPSA) is 24.7 Å². The monoisotopic (exact) mass is 140 g/mol. The highest BCUT2D eigenvalue weighted by atomic mass is 15.2. The van der Waals surface area contributed by atoms with Crippen molar-refractivity contribution in [3.63, 3.8) is 0 Å². The van der Waals surface area contributed by atoms with Crippen molar-refractivity contribution in [3.05, 3.63) is 0 Å². The minimum atomic E-state index is 0.490. The molecule has 58 valence electrons. The molecule has 0 radical (unpaired) electrons. The number of hydrogen-bond donors (Lipinski definition) is 0. The van der Waals surface area contributed by atoms with Gasteiger partial charge in [0.15, 0.2) is 0 Å². The van der Waals surface area contributed by atoms with E-state index in [0.29, 0.717) is 11.8 Å². The van der Waals surface area contributed by atoms with Crippen LogP contribution in [0.15, 0.2) is 10.2 Å². The summed E-state index contributed by atoms with van der Waals surface area (Å²) in [4.78, 5) is 0. The zero-order chi connectivity index (χ0) is 7.98. The Bertz CT molecular complexity index is 107. The van der Waals surface area contributed by atoms with Gasteiger partial charge in [-0.15, -0.1) is 0 Å². The van der Waals surface area contributed by atoms with Gasteiger partial charge in [0.25, 0.3) is 0 Å². The second kappa shape index (κ2) is 5.15. The first-order valence-electron chi connectivity index (χ1n) is 3.69. The van der Waals surface area contributed by atoms with E-state index in [1.807, 2.05) is 12.4 Å². The summed E-state index contributed by atoms with van der Waals surface area (Å²) in [6.45, 7) is 8.31. The Morgan fingerprint density at radius 1 is 0.800 bits per heavy atom. The summed E-state index contributed by atoms with van der Waals surface area (Å²) in [5.41, 5.74) is 0. The molecule has 0 heterocycles. The summed E-state index contributed by atoms with van der Waals surface area (Å²) in [6, 6.07) is 0. The molecule has 0 bridgehead atoms. The zero-order valence-electron chi connectivity index (χ0n) is 7.20. The molecule has 0 saturated heterocycles. The first-order valence-corrected chi connectivity index (χ1v) is 3.69. The lowest BCUT2D eigenvalue weighted by Crippen LogP contribution is -1.88. The van der Waals surface area contributed by atoms with E-state index in [-0.39, 0.29) is 0 Å². The van der Waals surface area contributed by atoms with E-state index in [9.17, 15) is 0 Å². The summed E-state index contributed by atoms with van der Waals surface area (Å²) in [5.74, 6) is 0.980. The van der Waals surface area contributed by atoms with E-state index >= 15 is 0 Å². The molecule has 0 saturated carbocycles. The largest absolute Gasteiger partial charge is 0.164 e. The molecule has 2 nitrogen and oxygen atoms in total. The van der Waals surface area contributed by atoms with Gasteiger partial charge in [-0.1, -0.05) is 27.7 Å². The van der Waals surface area contributed by atoms with E-state index < -0.39 is 0 Å². The van der Waals surface area contributed by atoms with Gasteiger partial charge in [-0.3, -0.25) is 0 Å². The lowest BCUT2D eigenvalue weighted by molar-refractivity contribution is 0.885. The quantitative estimate of drug-likeness (QED) is 0.424. The van der Waals surface area contributed by atoms with E-state index in [1.165, 1.54) is 0 Å². The molecule has 0 unspecified atom stereocenters. The normalized spacial score (nSPS) is 13.0. The third-order valence-corrected chi connectivity index (χ3v) is 0.796. The van der Waals surface area contributed by atoms with Crippen molar-refractivity contribution in [1.29, 1.82) is 0 Å². The van der Waals surface area contributed by atoms with Gasteiger partial charge in [-0.25, -0.2) is 0 Å². The molecule has 10 heavy (non-hydrogen) atoms. The lowest BCUT2D eigenvalue weighted by atomic mass is 10.2. The summed E-state index contributed by atoms with van der Waals surface area (Å²) < 4.78 is 0. The van der Waals surface area contributed by atoms with E-state index in [0.717, 1.165) is 0 Å². The number of nitrogens with zero attached hydrogens (tertiary/aromatic N) is 2. The van der Waals surface area contributed by atoms with Crippen molar-refractivity contribution >= 4 is 12.4 Å². The van der Waals surface area contributed by atoms with Gasteiger partial charge in [0, 0.05) is 12.4 Å². The van der Waals surface area contributed by atoms with Crippen LogP contribution in [0.2, 0.25) is 0 Å². The van der Waals surface area contributed by atoms with E-state index in [2.05, 4.69) is 37.9 Å². The maximum absolute atomic E-state index is 3.86. The standard InChI is InChI=1S/C8H16N2/c1-7(2)5-9-10-6-8(3)4/h5-8H,1-4H3/b9-5-,10-6+. The first kappa shape index (κ1) is 9.34. The fourth-order valence-electron chi connectivity index (χ4n) is 0.344. The minimum Gasteiger partial charge on any atom is -0.164 e. The highest BCUT2D eigenvalue weighted by molar-refractivity contribution is 5.63. The molecular formula is C8H16N2. The van der Waals surface area contributed by atoms with Crippen LogP contribution in [0.3, 0.4) is 0 Å². The maximum atomic E-state index is 3.86. The van der Waals surface area contributed by atoms with Crippen LogP contribution in [0.5, 0.6) is 0 Å². The van der Waals surface area contributed by atoms with Crippen LogP contribution < -0.4 is 0 Å². The van der Waals surface area contributed by atoms with Gasteiger partial charge >= 0.3 is 0 Å². The van der Waals surface area contributed by atoms with E-state index in [1.54, 1.807) is 0 Å².